The van der Waals surface area contributed by atoms with Crippen LogP contribution >= 0.6 is 0 Å². The minimum Gasteiger partial charge on any atom is -0.358 e. The first-order valence-electron chi connectivity index (χ1n) is 6.71. The standard InChI is InChI=1S/C14H20FN3O/c1-2-5-16-9-11-3-4-13(12(15)8-11)18-7-6-17-14(19)10-18/h3-4,8,16H,2,5-7,9-10H2,1H3,(H,17,19). The van der Waals surface area contributed by atoms with Gasteiger partial charge in [-0.1, -0.05) is 13.0 Å². The lowest BCUT2D eigenvalue weighted by molar-refractivity contribution is -0.120. The van der Waals surface area contributed by atoms with Crippen LogP contribution in [0.1, 0.15) is 18.9 Å². The van der Waals surface area contributed by atoms with Crippen LogP contribution in [-0.4, -0.2) is 32.1 Å². The number of benzene rings is 1. The van der Waals surface area contributed by atoms with Crippen molar-refractivity contribution in [2.45, 2.75) is 19.9 Å². The number of carbonyl (C=O) groups is 1. The fourth-order valence-corrected chi connectivity index (χ4v) is 2.17. The van der Waals surface area contributed by atoms with Gasteiger partial charge in [-0.05, 0) is 30.7 Å². The fraction of sp³-hybridized carbons (Fsp3) is 0.500. The molecule has 2 N–H and O–H groups in total. The second-order valence-corrected chi connectivity index (χ2v) is 4.73. The van der Waals surface area contributed by atoms with Crippen LogP contribution in [0, 0.1) is 5.82 Å². The van der Waals surface area contributed by atoms with Gasteiger partial charge in [0.1, 0.15) is 5.82 Å². The lowest BCUT2D eigenvalue weighted by Gasteiger charge is -2.29. The first-order chi connectivity index (χ1) is 9.20. The van der Waals surface area contributed by atoms with Crippen LogP contribution < -0.4 is 15.5 Å². The van der Waals surface area contributed by atoms with Crippen molar-refractivity contribution in [1.29, 1.82) is 0 Å². The number of halogens is 1. The monoisotopic (exact) mass is 265 g/mol. The summed E-state index contributed by atoms with van der Waals surface area (Å²) in [5, 5.41) is 5.97. The van der Waals surface area contributed by atoms with Gasteiger partial charge in [0.25, 0.3) is 0 Å². The molecular formula is C14H20FN3O. The van der Waals surface area contributed by atoms with Gasteiger partial charge in [-0.3, -0.25) is 4.79 Å². The number of nitrogens with zero attached hydrogens (tertiary/aromatic N) is 1. The second-order valence-electron chi connectivity index (χ2n) is 4.73. The summed E-state index contributed by atoms with van der Waals surface area (Å²) in [7, 11) is 0. The van der Waals surface area contributed by atoms with Gasteiger partial charge >= 0.3 is 0 Å². The minimum absolute atomic E-state index is 0.0562. The Morgan fingerprint density at radius 1 is 1.47 bits per heavy atom. The largest absolute Gasteiger partial charge is 0.358 e. The molecule has 4 nitrogen and oxygen atoms in total. The maximum absolute atomic E-state index is 14.1. The Morgan fingerprint density at radius 2 is 2.32 bits per heavy atom. The molecule has 1 aromatic rings. The van der Waals surface area contributed by atoms with E-state index < -0.39 is 0 Å². The highest BCUT2D eigenvalue weighted by Gasteiger charge is 2.19. The molecule has 5 heteroatoms. The van der Waals surface area contributed by atoms with Gasteiger partial charge in [0.2, 0.25) is 5.91 Å². The van der Waals surface area contributed by atoms with Crippen LogP contribution in [0.15, 0.2) is 18.2 Å². The van der Waals surface area contributed by atoms with Gasteiger partial charge in [0.05, 0.1) is 12.2 Å². The number of amides is 1. The van der Waals surface area contributed by atoms with E-state index in [2.05, 4.69) is 17.6 Å². The molecule has 1 aromatic carbocycles. The number of hydrogen-bond acceptors (Lipinski definition) is 3. The van der Waals surface area contributed by atoms with Gasteiger partial charge in [-0.15, -0.1) is 0 Å². The molecule has 0 spiro atoms. The summed E-state index contributed by atoms with van der Waals surface area (Å²) in [6.07, 6.45) is 1.06. The Labute approximate surface area is 113 Å². The predicted molar refractivity (Wildman–Crippen MR) is 73.6 cm³/mol. The Hall–Kier alpha value is -1.62. The maximum Gasteiger partial charge on any atom is 0.239 e. The molecule has 2 rings (SSSR count). The molecular weight excluding hydrogens is 245 g/mol. The molecule has 1 aliphatic heterocycles. The maximum atomic E-state index is 14.1. The highest BCUT2D eigenvalue weighted by molar-refractivity contribution is 5.82. The summed E-state index contributed by atoms with van der Waals surface area (Å²) in [5.74, 6) is -0.315. The molecule has 0 atom stereocenters. The van der Waals surface area contributed by atoms with Crippen LogP contribution in [0.4, 0.5) is 10.1 Å². The number of anilines is 1. The number of hydrogen-bond donors (Lipinski definition) is 2. The summed E-state index contributed by atoms with van der Waals surface area (Å²) in [6, 6.07) is 5.22. The van der Waals surface area contributed by atoms with E-state index in [0.29, 0.717) is 25.3 Å². The fourth-order valence-electron chi connectivity index (χ4n) is 2.17. The van der Waals surface area contributed by atoms with E-state index in [1.54, 1.807) is 17.0 Å². The smallest absolute Gasteiger partial charge is 0.239 e. The summed E-state index contributed by atoms with van der Waals surface area (Å²) >= 11 is 0. The van der Waals surface area contributed by atoms with Crippen LogP contribution in [0.5, 0.6) is 0 Å². The van der Waals surface area contributed by atoms with Gasteiger partial charge in [-0.2, -0.15) is 0 Å². The Kier molecular flexibility index (Phi) is 4.74. The SMILES string of the molecule is CCCNCc1ccc(N2CCNC(=O)C2)c(F)c1. The first kappa shape index (κ1) is 13.8. The van der Waals surface area contributed by atoms with Crippen molar-refractivity contribution in [2.75, 3.05) is 31.1 Å². The zero-order chi connectivity index (χ0) is 13.7. The van der Waals surface area contributed by atoms with Crippen molar-refractivity contribution in [1.82, 2.24) is 10.6 Å². The van der Waals surface area contributed by atoms with E-state index in [-0.39, 0.29) is 18.3 Å². The number of rotatable bonds is 5. The normalized spacial score (nSPS) is 15.5. The molecule has 0 bridgehead atoms. The van der Waals surface area contributed by atoms with Crippen LogP contribution in [-0.2, 0) is 11.3 Å². The Bertz CT molecular complexity index is 450. The topological polar surface area (TPSA) is 44.4 Å². The second kappa shape index (κ2) is 6.52. The molecule has 1 amide bonds. The molecule has 1 fully saturated rings. The highest BCUT2D eigenvalue weighted by atomic mass is 19.1. The van der Waals surface area contributed by atoms with E-state index in [9.17, 15) is 9.18 Å². The molecule has 1 saturated heterocycles. The van der Waals surface area contributed by atoms with Gasteiger partial charge in [0, 0.05) is 19.6 Å². The quantitative estimate of drug-likeness (QED) is 0.788. The number of nitrogens with one attached hydrogen (secondary N) is 2. The lowest BCUT2D eigenvalue weighted by atomic mass is 10.1. The first-order valence-corrected chi connectivity index (χ1v) is 6.71. The Morgan fingerprint density at radius 3 is 3.00 bits per heavy atom. The summed E-state index contributed by atoms with van der Waals surface area (Å²) < 4.78 is 14.1. The third kappa shape index (κ3) is 3.67. The van der Waals surface area contributed by atoms with Crippen molar-refractivity contribution < 1.29 is 9.18 Å². The van der Waals surface area contributed by atoms with E-state index in [0.717, 1.165) is 18.5 Å². The zero-order valence-electron chi connectivity index (χ0n) is 11.2. The minimum atomic E-state index is -0.259. The number of carbonyl (C=O) groups excluding carboxylic acids is 1. The summed E-state index contributed by atoms with van der Waals surface area (Å²) in [6.45, 7) is 5.14. The number of piperazine rings is 1. The van der Waals surface area contributed by atoms with Crippen molar-refractivity contribution >= 4 is 11.6 Å². The van der Waals surface area contributed by atoms with Crippen LogP contribution in [0.3, 0.4) is 0 Å². The van der Waals surface area contributed by atoms with Crippen molar-refractivity contribution in [3.05, 3.63) is 29.6 Å². The van der Waals surface area contributed by atoms with E-state index in [1.807, 2.05) is 6.07 Å². The molecule has 1 aliphatic rings. The molecule has 0 saturated carbocycles. The molecule has 0 unspecified atom stereocenters. The van der Waals surface area contributed by atoms with Gasteiger partial charge < -0.3 is 15.5 Å². The van der Waals surface area contributed by atoms with Gasteiger partial charge in [-0.25, -0.2) is 4.39 Å². The molecule has 0 radical (unpaired) electrons. The lowest BCUT2D eigenvalue weighted by Crippen LogP contribution is -2.48. The van der Waals surface area contributed by atoms with Crippen molar-refractivity contribution in [3.63, 3.8) is 0 Å². The van der Waals surface area contributed by atoms with E-state index in [4.69, 9.17) is 0 Å². The van der Waals surface area contributed by atoms with E-state index >= 15 is 0 Å². The third-order valence-electron chi connectivity index (χ3n) is 3.15. The summed E-state index contributed by atoms with van der Waals surface area (Å²) in [5.41, 5.74) is 1.44. The summed E-state index contributed by atoms with van der Waals surface area (Å²) in [4.78, 5) is 13.1. The average molecular weight is 265 g/mol. The molecule has 0 aromatic heterocycles. The van der Waals surface area contributed by atoms with Crippen molar-refractivity contribution in [3.8, 4) is 0 Å². The molecule has 0 aliphatic carbocycles. The molecule has 1 heterocycles. The average Bonchev–Trinajstić information content (AvgIpc) is 2.39. The highest BCUT2D eigenvalue weighted by Crippen LogP contribution is 2.21. The van der Waals surface area contributed by atoms with Crippen LogP contribution in [0.2, 0.25) is 0 Å². The van der Waals surface area contributed by atoms with Crippen LogP contribution in [0.25, 0.3) is 0 Å². The van der Waals surface area contributed by atoms with Gasteiger partial charge in [0.15, 0.2) is 0 Å². The zero-order valence-corrected chi connectivity index (χ0v) is 11.2. The third-order valence-corrected chi connectivity index (χ3v) is 3.15. The molecule has 104 valence electrons. The Balaban J connectivity index is 2.04. The van der Waals surface area contributed by atoms with E-state index in [1.165, 1.54) is 0 Å². The van der Waals surface area contributed by atoms with Crippen molar-refractivity contribution in [2.24, 2.45) is 0 Å². The predicted octanol–water partition coefficient (Wildman–Crippen LogP) is 1.26. The molecule has 19 heavy (non-hydrogen) atoms.